The van der Waals surface area contributed by atoms with E-state index in [-0.39, 0.29) is 11.2 Å². The molecule has 0 amide bonds. The molecule has 0 unspecified atom stereocenters. The van der Waals surface area contributed by atoms with Crippen molar-refractivity contribution in [2.75, 3.05) is 0 Å². The number of rotatable bonds is 0. The Labute approximate surface area is 103 Å². The van der Waals surface area contributed by atoms with Gasteiger partial charge in [-0.1, -0.05) is 20.8 Å². The summed E-state index contributed by atoms with van der Waals surface area (Å²) in [7, 11) is 0. The number of nitrogens with zero attached hydrogens (tertiary/aromatic N) is 1. The summed E-state index contributed by atoms with van der Waals surface area (Å²) in [5.74, 6) is -0.224. The summed E-state index contributed by atoms with van der Waals surface area (Å²) in [6, 6.07) is 4.70. The predicted octanol–water partition coefficient (Wildman–Crippen LogP) is 4.43. The zero-order chi connectivity index (χ0) is 11.9. The van der Waals surface area contributed by atoms with Gasteiger partial charge in [0.25, 0.3) is 0 Å². The van der Waals surface area contributed by atoms with Gasteiger partial charge in [-0.05, 0) is 45.1 Å². The minimum absolute atomic E-state index is 0.0478. The Morgan fingerprint density at radius 3 is 2.56 bits per heavy atom. The van der Waals surface area contributed by atoms with Gasteiger partial charge in [0.1, 0.15) is 5.82 Å². The van der Waals surface area contributed by atoms with E-state index in [1.165, 1.54) is 6.07 Å². The molecular formula is C13H13BrFN. The van der Waals surface area contributed by atoms with Gasteiger partial charge in [-0.25, -0.2) is 4.39 Å². The minimum Gasteiger partial charge on any atom is -0.255 e. The van der Waals surface area contributed by atoms with Crippen LogP contribution in [0.15, 0.2) is 28.9 Å². The number of benzene rings is 1. The van der Waals surface area contributed by atoms with Crippen LogP contribution in [-0.4, -0.2) is 4.98 Å². The van der Waals surface area contributed by atoms with Crippen LogP contribution >= 0.6 is 15.9 Å². The Kier molecular flexibility index (Phi) is 2.74. The zero-order valence-corrected chi connectivity index (χ0v) is 11.1. The Balaban J connectivity index is 2.88. The Hall–Kier alpha value is -0.960. The Bertz CT molecular complexity index is 538. The van der Waals surface area contributed by atoms with Gasteiger partial charge in [-0.3, -0.25) is 4.98 Å². The maximum absolute atomic E-state index is 13.3. The summed E-state index contributed by atoms with van der Waals surface area (Å²) < 4.78 is 14.2. The van der Waals surface area contributed by atoms with Gasteiger partial charge in [-0.2, -0.15) is 0 Å². The Morgan fingerprint density at radius 1 is 1.25 bits per heavy atom. The molecular weight excluding hydrogens is 269 g/mol. The van der Waals surface area contributed by atoms with Gasteiger partial charge in [0.15, 0.2) is 0 Å². The number of aromatic nitrogens is 1. The SMILES string of the molecule is CC(C)(C)c1c(Br)cnc2ccc(F)cc12. The monoisotopic (exact) mass is 281 g/mol. The highest BCUT2D eigenvalue weighted by molar-refractivity contribution is 9.10. The third kappa shape index (κ3) is 1.96. The Morgan fingerprint density at radius 2 is 1.94 bits per heavy atom. The molecule has 16 heavy (non-hydrogen) atoms. The topological polar surface area (TPSA) is 12.9 Å². The van der Waals surface area contributed by atoms with Crippen molar-refractivity contribution in [3.8, 4) is 0 Å². The second-order valence-electron chi connectivity index (χ2n) is 4.89. The summed E-state index contributed by atoms with van der Waals surface area (Å²) in [5, 5.41) is 0.877. The average molecular weight is 282 g/mol. The van der Waals surface area contributed by atoms with Crippen LogP contribution in [0.1, 0.15) is 26.3 Å². The molecule has 0 saturated heterocycles. The van der Waals surface area contributed by atoms with E-state index < -0.39 is 0 Å². The summed E-state index contributed by atoms with van der Waals surface area (Å²) >= 11 is 3.49. The minimum atomic E-state index is -0.224. The average Bonchev–Trinajstić information content (AvgIpc) is 2.14. The van der Waals surface area contributed by atoms with Crippen LogP contribution in [0.4, 0.5) is 4.39 Å². The molecule has 0 N–H and O–H groups in total. The van der Waals surface area contributed by atoms with Crippen LogP contribution < -0.4 is 0 Å². The van der Waals surface area contributed by atoms with Crippen molar-refractivity contribution >= 4 is 26.8 Å². The van der Waals surface area contributed by atoms with Crippen molar-refractivity contribution in [2.24, 2.45) is 0 Å². The van der Waals surface area contributed by atoms with Crippen molar-refractivity contribution in [2.45, 2.75) is 26.2 Å². The van der Waals surface area contributed by atoms with E-state index >= 15 is 0 Å². The third-order valence-electron chi connectivity index (χ3n) is 2.53. The highest BCUT2D eigenvalue weighted by Crippen LogP contribution is 2.35. The van der Waals surface area contributed by atoms with E-state index in [1.807, 2.05) is 0 Å². The smallest absolute Gasteiger partial charge is 0.123 e. The lowest BCUT2D eigenvalue weighted by atomic mass is 9.85. The fourth-order valence-corrected chi connectivity index (χ4v) is 2.81. The van der Waals surface area contributed by atoms with Gasteiger partial charge in [0.2, 0.25) is 0 Å². The summed E-state index contributed by atoms with van der Waals surface area (Å²) in [6.07, 6.45) is 1.78. The molecule has 1 nitrogen and oxygen atoms in total. The van der Waals surface area contributed by atoms with Crippen molar-refractivity contribution in [3.63, 3.8) is 0 Å². The van der Waals surface area contributed by atoms with Crippen LogP contribution in [0.3, 0.4) is 0 Å². The first-order chi connectivity index (χ1) is 7.39. The van der Waals surface area contributed by atoms with E-state index in [9.17, 15) is 4.39 Å². The van der Waals surface area contributed by atoms with Crippen LogP contribution in [-0.2, 0) is 5.41 Å². The molecule has 1 aromatic heterocycles. The van der Waals surface area contributed by atoms with E-state index in [0.717, 1.165) is 20.9 Å². The lowest BCUT2D eigenvalue weighted by Gasteiger charge is -2.22. The molecule has 3 heteroatoms. The first-order valence-corrected chi connectivity index (χ1v) is 5.93. The molecule has 1 heterocycles. The molecule has 0 spiro atoms. The second kappa shape index (κ2) is 3.81. The second-order valence-corrected chi connectivity index (χ2v) is 5.75. The lowest BCUT2D eigenvalue weighted by molar-refractivity contribution is 0.590. The molecule has 0 bridgehead atoms. The highest BCUT2D eigenvalue weighted by Gasteiger charge is 2.20. The van der Waals surface area contributed by atoms with E-state index in [4.69, 9.17) is 0 Å². The van der Waals surface area contributed by atoms with Gasteiger partial charge >= 0.3 is 0 Å². The van der Waals surface area contributed by atoms with Gasteiger partial charge < -0.3 is 0 Å². The molecule has 0 aliphatic carbocycles. The third-order valence-corrected chi connectivity index (χ3v) is 3.13. The van der Waals surface area contributed by atoms with Crippen molar-refractivity contribution < 1.29 is 4.39 Å². The van der Waals surface area contributed by atoms with Crippen molar-refractivity contribution in [3.05, 3.63) is 40.2 Å². The van der Waals surface area contributed by atoms with Crippen molar-refractivity contribution in [1.29, 1.82) is 0 Å². The van der Waals surface area contributed by atoms with E-state index in [1.54, 1.807) is 18.3 Å². The first-order valence-electron chi connectivity index (χ1n) is 5.14. The molecule has 2 aromatic rings. The van der Waals surface area contributed by atoms with Crippen molar-refractivity contribution in [1.82, 2.24) is 4.98 Å². The number of hydrogen-bond acceptors (Lipinski definition) is 1. The van der Waals surface area contributed by atoms with Gasteiger partial charge in [-0.15, -0.1) is 0 Å². The standard InChI is InChI=1S/C13H13BrFN/c1-13(2,3)12-9-6-8(15)4-5-11(9)16-7-10(12)14/h4-7H,1-3H3. The van der Waals surface area contributed by atoms with Gasteiger partial charge in [0, 0.05) is 16.1 Å². The predicted molar refractivity (Wildman–Crippen MR) is 68.1 cm³/mol. The fourth-order valence-electron chi connectivity index (χ4n) is 1.90. The maximum atomic E-state index is 13.3. The molecule has 0 atom stereocenters. The lowest BCUT2D eigenvalue weighted by Crippen LogP contribution is -2.13. The summed E-state index contributed by atoms with van der Waals surface area (Å²) in [5.41, 5.74) is 1.87. The van der Waals surface area contributed by atoms with Gasteiger partial charge in [0.05, 0.1) is 5.52 Å². The number of halogens is 2. The molecule has 84 valence electrons. The molecule has 1 aromatic carbocycles. The maximum Gasteiger partial charge on any atom is 0.123 e. The van der Waals surface area contributed by atoms with Crippen LogP contribution in [0.2, 0.25) is 0 Å². The first kappa shape index (κ1) is 11.5. The fraction of sp³-hybridized carbons (Fsp3) is 0.308. The zero-order valence-electron chi connectivity index (χ0n) is 9.51. The number of fused-ring (bicyclic) bond motifs is 1. The number of pyridine rings is 1. The molecule has 0 radical (unpaired) electrons. The van der Waals surface area contributed by atoms with Crippen LogP contribution in [0, 0.1) is 5.82 Å². The summed E-state index contributed by atoms with van der Waals surface area (Å²) in [6.45, 7) is 6.33. The van der Waals surface area contributed by atoms with E-state index in [2.05, 4.69) is 41.7 Å². The van der Waals surface area contributed by atoms with Crippen LogP contribution in [0.25, 0.3) is 10.9 Å². The normalized spacial score (nSPS) is 12.1. The number of hydrogen-bond donors (Lipinski definition) is 0. The molecule has 2 rings (SSSR count). The highest BCUT2D eigenvalue weighted by atomic mass is 79.9. The molecule has 0 aliphatic heterocycles. The molecule has 0 saturated carbocycles. The quantitative estimate of drug-likeness (QED) is 0.696. The molecule has 0 fully saturated rings. The van der Waals surface area contributed by atoms with E-state index in [0.29, 0.717) is 0 Å². The largest absolute Gasteiger partial charge is 0.255 e. The molecule has 0 aliphatic rings. The summed E-state index contributed by atoms with van der Waals surface area (Å²) in [4.78, 5) is 4.28. The van der Waals surface area contributed by atoms with Crippen LogP contribution in [0.5, 0.6) is 0 Å².